The molecule has 1 saturated carbocycles. The SMILES string of the molecule is CCC(c1ncc[nH]1)N1C(=O)C2CCCCC2C1=O. The molecule has 0 aromatic carbocycles. The third kappa shape index (κ3) is 1.88. The van der Waals surface area contributed by atoms with Crippen LogP contribution in [0.2, 0.25) is 0 Å². The van der Waals surface area contributed by atoms with Crippen LogP contribution in [0, 0.1) is 11.8 Å². The zero-order valence-corrected chi connectivity index (χ0v) is 11.1. The summed E-state index contributed by atoms with van der Waals surface area (Å²) < 4.78 is 0. The monoisotopic (exact) mass is 261 g/mol. The minimum absolute atomic E-state index is 0.0120. The number of aromatic nitrogens is 2. The van der Waals surface area contributed by atoms with E-state index >= 15 is 0 Å². The number of likely N-dealkylation sites (tertiary alicyclic amines) is 1. The molecule has 19 heavy (non-hydrogen) atoms. The summed E-state index contributed by atoms with van der Waals surface area (Å²) in [6, 6.07) is -0.236. The van der Waals surface area contributed by atoms with Gasteiger partial charge in [-0.25, -0.2) is 4.98 Å². The first-order chi connectivity index (χ1) is 9.24. The highest BCUT2D eigenvalue weighted by atomic mass is 16.2. The van der Waals surface area contributed by atoms with E-state index in [-0.39, 0.29) is 29.7 Å². The Morgan fingerprint density at radius 2 is 1.95 bits per heavy atom. The third-order valence-electron chi connectivity index (χ3n) is 4.41. The Hall–Kier alpha value is -1.65. The number of fused-ring (bicyclic) bond motifs is 1. The van der Waals surface area contributed by atoms with E-state index in [0.717, 1.165) is 25.7 Å². The Morgan fingerprint density at radius 1 is 1.32 bits per heavy atom. The van der Waals surface area contributed by atoms with Crippen molar-refractivity contribution in [1.29, 1.82) is 0 Å². The van der Waals surface area contributed by atoms with Gasteiger partial charge in [-0.3, -0.25) is 14.5 Å². The lowest BCUT2D eigenvalue weighted by atomic mass is 9.81. The normalized spacial score (nSPS) is 28.6. The van der Waals surface area contributed by atoms with Gasteiger partial charge in [-0.15, -0.1) is 0 Å². The molecule has 1 N–H and O–H groups in total. The molecule has 3 atom stereocenters. The van der Waals surface area contributed by atoms with Gasteiger partial charge >= 0.3 is 0 Å². The second kappa shape index (κ2) is 4.79. The number of amides is 2. The molecule has 1 saturated heterocycles. The Labute approximate surface area is 112 Å². The van der Waals surface area contributed by atoms with E-state index in [1.807, 2.05) is 6.92 Å². The van der Waals surface area contributed by atoms with Gasteiger partial charge in [-0.05, 0) is 19.3 Å². The quantitative estimate of drug-likeness (QED) is 0.847. The summed E-state index contributed by atoms with van der Waals surface area (Å²) in [6.45, 7) is 1.98. The van der Waals surface area contributed by atoms with E-state index < -0.39 is 0 Å². The third-order valence-corrected chi connectivity index (χ3v) is 4.41. The van der Waals surface area contributed by atoms with Crippen LogP contribution < -0.4 is 0 Å². The van der Waals surface area contributed by atoms with E-state index in [1.165, 1.54) is 4.90 Å². The molecule has 2 heterocycles. The lowest BCUT2D eigenvalue weighted by Gasteiger charge is -2.23. The predicted molar refractivity (Wildman–Crippen MR) is 68.9 cm³/mol. The molecule has 1 aliphatic heterocycles. The highest BCUT2D eigenvalue weighted by molar-refractivity contribution is 6.05. The Balaban J connectivity index is 1.91. The second-order valence-corrected chi connectivity index (χ2v) is 5.44. The van der Waals surface area contributed by atoms with Crippen LogP contribution in [0.5, 0.6) is 0 Å². The van der Waals surface area contributed by atoms with Gasteiger partial charge in [0, 0.05) is 12.4 Å². The van der Waals surface area contributed by atoms with E-state index in [4.69, 9.17) is 0 Å². The maximum Gasteiger partial charge on any atom is 0.233 e. The van der Waals surface area contributed by atoms with Crippen LogP contribution in [0.3, 0.4) is 0 Å². The number of nitrogens with zero attached hydrogens (tertiary/aromatic N) is 2. The molecule has 2 fully saturated rings. The molecule has 2 aliphatic rings. The fraction of sp³-hybridized carbons (Fsp3) is 0.643. The predicted octanol–water partition coefficient (Wildman–Crippen LogP) is 2.04. The van der Waals surface area contributed by atoms with Crippen molar-refractivity contribution in [3.63, 3.8) is 0 Å². The summed E-state index contributed by atoms with van der Waals surface area (Å²) in [5.41, 5.74) is 0. The molecule has 0 spiro atoms. The summed E-state index contributed by atoms with van der Waals surface area (Å²) in [5, 5.41) is 0. The van der Waals surface area contributed by atoms with Crippen LogP contribution in [-0.2, 0) is 9.59 Å². The number of aromatic amines is 1. The first kappa shape index (κ1) is 12.4. The fourth-order valence-electron chi connectivity index (χ4n) is 3.45. The Kier molecular flexibility index (Phi) is 3.12. The van der Waals surface area contributed by atoms with Gasteiger partial charge in [-0.1, -0.05) is 19.8 Å². The topological polar surface area (TPSA) is 66.1 Å². The molecule has 0 bridgehead atoms. The molecule has 0 radical (unpaired) electrons. The molecule has 1 aliphatic carbocycles. The number of rotatable bonds is 3. The minimum atomic E-state index is -0.236. The van der Waals surface area contributed by atoms with Crippen molar-refractivity contribution < 1.29 is 9.59 Å². The molecule has 1 aromatic heterocycles. The lowest BCUT2D eigenvalue weighted by Crippen LogP contribution is -2.35. The number of imide groups is 1. The van der Waals surface area contributed by atoms with Crippen molar-refractivity contribution in [3.8, 4) is 0 Å². The minimum Gasteiger partial charge on any atom is -0.347 e. The molecule has 2 amide bonds. The fourth-order valence-corrected chi connectivity index (χ4v) is 3.45. The lowest BCUT2D eigenvalue weighted by molar-refractivity contribution is -0.143. The smallest absolute Gasteiger partial charge is 0.233 e. The molecule has 5 nitrogen and oxygen atoms in total. The molecule has 1 aromatic rings. The highest BCUT2D eigenvalue weighted by Crippen LogP contribution is 2.41. The van der Waals surface area contributed by atoms with Crippen molar-refractivity contribution in [2.75, 3.05) is 0 Å². The van der Waals surface area contributed by atoms with Crippen molar-refractivity contribution >= 4 is 11.8 Å². The van der Waals surface area contributed by atoms with Crippen LogP contribution in [0.25, 0.3) is 0 Å². The summed E-state index contributed by atoms with van der Waals surface area (Å²) in [5.74, 6) is 0.578. The van der Waals surface area contributed by atoms with Crippen LogP contribution in [-0.4, -0.2) is 26.7 Å². The van der Waals surface area contributed by atoms with Gasteiger partial charge in [-0.2, -0.15) is 0 Å². The summed E-state index contributed by atoms with van der Waals surface area (Å²) in [4.78, 5) is 33.7. The van der Waals surface area contributed by atoms with Gasteiger partial charge in [0.2, 0.25) is 11.8 Å². The first-order valence-electron chi connectivity index (χ1n) is 7.10. The molecular weight excluding hydrogens is 242 g/mol. The second-order valence-electron chi connectivity index (χ2n) is 5.44. The maximum atomic E-state index is 12.5. The van der Waals surface area contributed by atoms with Crippen LogP contribution in [0.4, 0.5) is 0 Å². The number of nitrogens with one attached hydrogen (secondary N) is 1. The molecule has 3 unspecified atom stereocenters. The van der Waals surface area contributed by atoms with E-state index in [9.17, 15) is 9.59 Å². The van der Waals surface area contributed by atoms with Crippen LogP contribution >= 0.6 is 0 Å². The largest absolute Gasteiger partial charge is 0.347 e. The number of hydrogen-bond donors (Lipinski definition) is 1. The first-order valence-corrected chi connectivity index (χ1v) is 7.10. The molecular formula is C14H19N3O2. The van der Waals surface area contributed by atoms with E-state index in [1.54, 1.807) is 12.4 Å². The van der Waals surface area contributed by atoms with Crippen LogP contribution in [0.1, 0.15) is 50.9 Å². The Morgan fingerprint density at radius 3 is 2.42 bits per heavy atom. The average molecular weight is 261 g/mol. The van der Waals surface area contributed by atoms with Gasteiger partial charge < -0.3 is 4.98 Å². The average Bonchev–Trinajstić information content (AvgIpc) is 3.04. The number of carbonyl (C=O) groups is 2. The summed E-state index contributed by atoms with van der Waals surface area (Å²) >= 11 is 0. The Bertz CT molecular complexity index is 459. The van der Waals surface area contributed by atoms with Crippen molar-refractivity contribution in [2.24, 2.45) is 11.8 Å². The van der Waals surface area contributed by atoms with Crippen LogP contribution in [0.15, 0.2) is 12.4 Å². The zero-order valence-electron chi connectivity index (χ0n) is 11.1. The van der Waals surface area contributed by atoms with Crippen molar-refractivity contribution in [2.45, 2.75) is 45.1 Å². The van der Waals surface area contributed by atoms with Gasteiger partial charge in [0.1, 0.15) is 5.82 Å². The number of imidazole rings is 1. The van der Waals surface area contributed by atoms with Crippen molar-refractivity contribution in [3.05, 3.63) is 18.2 Å². The van der Waals surface area contributed by atoms with E-state index in [2.05, 4.69) is 9.97 Å². The van der Waals surface area contributed by atoms with Gasteiger partial charge in [0.25, 0.3) is 0 Å². The maximum absolute atomic E-state index is 12.5. The van der Waals surface area contributed by atoms with Crippen molar-refractivity contribution in [1.82, 2.24) is 14.9 Å². The van der Waals surface area contributed by atoms with Gasteiger partial charge in [0.15, 0.2) is 0 Å². The molecule has 3 rings (SSSR count). The van der Waals surface area contributed by atoms with E-state index in [0.29, 0.717) is 12.2 Å². The number of carbonyl (C=O) groups excluding carboxylic acids is 2. The number of hydrogen-bond acceptors (Lipinski definition) is 3. The standard InChI is InChI=1S/C14H19N3O2/c1-2-11(12-15-7-8-16-12)17-13(18)9-5-3-4-6-10(9)14(17)19/h7-11H,2-6H2,1H3,(H,15,16). The zero-order chi connectivity index (χ0) is 13.4. The molecule has 5 heteroatoms. The summed E-state index contributed by atoms with van der Waals surface area (Å²) in [6.07, 6.45) is 7.94. The highest BCUT2D eigenvalue weighted by Gasteiger charge is 2.50. The number of H-pyrrole nitrogens is 1. The molecule has 102 valence electrons. The van der Waals surface area contributed by atoms with Gasteiger partial charge in [0.05, 0.1) is 17.9 Å². The summed E-state index contributed by atoms with van der Waals surface area (Å²) in [7, 11) is 0.